The number of piperazine rings is 1. The Morgan fingerprint density at radius 2 is 1.71 bits per heavy atom. The first-order chi connectivity index (χ1) is 16.4. The number of nitrogens with one attached hydrogen (secondary N) is 1. The molecule has 0 amide bonds. The molecule has 0 spiro atoms. The van der Waals surface area contributed by atoms with Gasteiger partial charge in [-0.3, -0.25) is 9.88 Å². The number of benzene rings is 2. The number of para-hydroxylation sites is 1. The van der Waals surface area contributed by atoms with Crippen LogP contribution in [0.25, 0.3) is 10.9 Å². The molecule has 1 unspecified atom stereocenters. The minimum Gasteiger partial charge on any atom is -0.491 e. The van der Waals surface area contributed by atoms with Crippen molar-refractivity contribution in [3.05, 3.63) is 65.8 Å². The zero-order chi connectivity index (χ0) is 24.0. The van der Waals surface area contributed by atoms with Gasteiger partial charge in [0.15, 0.2) is 0 Å². The average Bonchev–Trinajstić information content (AvgIpc) is 2.84. The van der Waals surface area contributed by atoms with Gasteiger partial charge in [-0.25, -0.2) is 13.1 Å². The summed E-state index contributed by atoms with van der Waals surface area (Å²) >= 11 is 6.18. The van der Waals surface area contributed by atoms with E-state index in [4.69, 9.17) is 16.3 Å². The lowest BCUT2D eigenvalue weighted by atomic mass is 10.2. The summed E-state index contributed by atoms with van der Waals surface area (Å²) < 4.78 is 34.5. The number of ether oxygens (including phenoxy) is 1. The third-order valence-corrected chi connectivity index (χ3v) is 7.91. The lowest BCUT2D eigenvalue weighted by molar-refractivity contribution is 0.116. The van der Waals surface area contributed by atoms with Gasteiger partial charge in [-0.2, -0.15) is 0 Å². The van der Waals surface area contributed by atoms with E-state index in [9.17, 15) is 8.42 Å². The van der Waals surface area contributed by atoms with Crippen molar-refractivity contribution in [3.63, 3.8) is 0 Å². The van der Waals surface area contributed by atoms with Crippen LogP contribution in [0.2, 0.25) is 5.02 Å². The Morgan fingerprint density at radius 1 is 1.00 bits per heavy atom. The predicted molar refractivity (Wildman–Crippen MR) is 136 cm³/mol. The van der Waals surface area contributed by atoms with Crippen molar-refractivity contribution in [1.29, 1.82) is 0 Å². The van der Waals surface area contributed by atoms with Crippen LogP contribution in [0.4, 0.5) is 0 Å². The quantitative estimate of drug-likeness (QED) is 0.456. The molecule has 34 heavy (non-hydrogen) atoms. The molecule has 182 valence electrons. The Hall–Kier alpha value is -2.23. The molecular formula is C25H31ClN4O3S. The molecule has 2 aromatic carbocycles. The number of pyridine rings is 1. The largest absolute Gasteiger partial charge is 0.491 e. The van der Waals surface area contributed by atoms with Gasteiger partial charge in [0.2, 0.25) is 10.0 Å². The molecule has 0 bridgehead atoms. The van der Waals surface area contributed by atoms with Gasteiger partial charge < -0.3 is 9.64 Å². The van der Waals surface area contributed by atoms with E-state index in [1.807, 2.05) is 30.3 Å². The minimum atomic E-state index is -3.66. The van der Waals surface area contributed by atoms with E-state index in [0.717, 1.165) is 44.9 Å². The molecule has 0 saturated carbocycles. The molecule has 1 aromatic heterocycles. The van der Waals surface area contributed by atoms with Gasteiger partial charge in [0, 0.05) is 57.4 Å². The van der Waals surface area contributed by atoms with E-state index < -0.39 is 10.0 Å². The van der Waals surface area contributed by atoms with E-state index in [2.05, 4.69) is 26.4 Å². The molecule has 0 aliphatic carbocycles. The number of nitrogens with zero attached hydrogens (tertiary/aromatic N) is 3. The number of aromatic nitrogens is 1. The maximum absolute atomic E-state index is 12.9. The molecule has 1 atom stereocenters. The van der Waals surface area contributed by atoms with Crippen LogP contribution in [-0.2, 0) is 10.0 Å². The maximum Gasteiger partial charge on any atom is 0.241 e. The van der Waals surface area contributed by atoms with Crippen LogP contribution >= 0.6 is 11.6 Å². The summed E-state index contributed by atoms with van der Waals surface area (Å²) in [5, 5.41) is 0.968. The topological polar surface area (TPSA) is 74.8 Å². The van der Waals surface area contributed by atoms with Crippen molar-refractivity contribution in [2.75, 3.05) is 45.8 Å². The molecule has 1 N–H and O–H groups in total. The van der Waals surface area contributed by atoms with Gasteiger partial charge in [0.25, 0.3) is 0 Å². The fourth-order valence-corrected chi connectivity index (χ4v) is 5.58. The van der Waals surface area contributed by atoms with E-state index in [1.54, 1.807) is 24.4 Å². The molecule has 7 nitrogen and oxygen atoms in total. The number of sulfonamides is 1. The Balaban J connectivity index is 1.20. The van der Waals surface area contributed by atoms with Crippen molar-refractivity contribution in [2.45, 2.75) is 24.3 Å². The molecule has 0 radical (unpaired) electrons. The lowest BCUT2D eigenvalue weighted by Gasteiger charge is -2.35. The standard InChI is InChI=1S/C25H31ClN4O3S/c1-20(33-21-6-3-2-4-7-21)11-14-29-16-18-30(19-17-29)15-13-28-34(31,32)24-10-9-23(26)25-22(24)8-5-12-27-25/h2-10,12,20,28H,11,13-19H2,1H3. The summed E-state index contributed by atoms with van der Waals surface area (Å²) in [6.45, 7) is 7.91. The van der Waals surface area contributed by atoms with Gasteiger partial charge in [-0.15, -0.1) is 0 Å². The summed E-state index contributed by atoms with van der Waals surface area (Å²) in [6, 6.07) is 16.5. The zero-order valence-electron chi connectivity index (χ0n) is 19.4. The molecular weight excluding hydrogens is 472 g/mol. The molecule has 1 fully saturated rings. The van der Waals surface area contributed by atoms with Crippen LogP contribution in [0.3, 0.4) is 0 Å². The Morgan fingerprint density at radius 3 is 2.44 bits per heavy atom. The molecule has 9 heteroatoms. The predicted octanol–water partition coefficient (Wildman–Crippen LogP) is 3.64. The molecule has 3 aromatic rings. The Kier molecular flexibility index (Phi) is 8.39. The second-order valence-electron chi connectivity index (χ2n) is 8.56. The fourth-order valence-electron chi connectivity index (χ4n) is 4.15. The Labute approximate surface area is 206 Å². The highest BCUT2D eigenvalue weighted by Gasteiger charge is 2.21. The number of hydrogen-bond acceptors (Lipinski definition) is 6. The number of hydrogen-bond donors (Lipinski definition) is 1. The lowest BCUT2D eigenvalue weighted by Crippen LogP contribution is -2.48. The summed E-state index contributed by atoms with van der Waals surface area (Å²) in [7, 11) is -3.66. The van der Waals surface area contributed by atoms with Gasteiger partial charge in [-0.1, -0.05) is 29.8 Å². The maximum atomic E-state index is 12.9. The molecule has 1 aliphatic heterocycles. The van der Waals surface area contributed by atoms with E-state index >= 15 is 0 Å². The smallest absolute Gasteiger partial charge is 0.241 e. The highest BCUT2D eigenvalue weighted by atomic mass is 35.5. The van der Waals surface area contributed by atoms with Crippen LogP contribution < -0.4 is 9.46 Å². The summed E-state index contributed by atoms with van der Waals surface area (Å²) in [6.07, 6.45) is 2.74. The first kappa shape index (κ1) is 24.9. The van der Waals surface area contributed by atoms with Crippen molar-refractivity contribution in [3.8, 4) is 5.75 Å². The second-order valence-corrected chi connectivity index (χ2v) is 10.7. The third kappa shape index (κ3) is 6.46. The number of fused-ring (bicyclic) bond motifs is 1. The van der Waals surface area contributed by atoms with Crippen LogP contribution in [0, 0.1) is 0 Å². The first-order valence-electron chi connectivity index (χ1n) is 11.6. The van der Waals surface area contributed by atoms with Gasteiger partial charge in [0.1, 0.15) is 5.75 Å². The van der Waals surface area contributed by atoms with Gasteiger partial charge in [0.05, 0.1) is 21.5 Å². The summed E-state index contributed by atoms with van der Waals surface area (Å²) in [5.74, 6) is 0.908. The summed E-state index contributed by atoms with van der Waals surface area (Å²) in [4.78, 5) is 9.16. The molecule has 2 heterocycles. The van der Waals surface area contributed by atoms with Crippen molar-refractivity contribution < 1.29 is 13.2 Å². The van der Waals surface area contributed by atoms with Crippen LogP contribution in [-0.4, -0.2) is 75.1 Å². The van der Waals surface area contributed by atoms with Crippen molar-refractivity contribution in [1.82, 2.24) is 19.5 Å². The zero-order valence-corrected chi connectivity index (χ0v) is 20.9. The van der Waals surface area contributed by atoms with Crippen molar-refractivity contribution in [2.24, 2.45) is 0 Å². The number of rotatable bonds is 10. The third-order valence-electron chi connectivity index (χ3n) is 6.09. The average molecular weight is 503 g/mol. The van der Waals surface area contributed by atoms with Crippen LogP contribution in [0.1, 0.15) is 13.3 Å². The first-order valence-corrected chi connectivity index (χ1v) is 13.5. The Bertz CT molecular complexity index is 1190. The fraction of sp³-hybridized carbons (Fsp3) is 0.400. The van der Waals surface area contributed by atoms with E-state index in [0.29, 0.717) is 29.0 Å². The molecule has 1 saturated heterocycles. The van der Waals surface area contributed by atoms with Crippen LogP contribution in [0.5, 0.6) is 5.75 Å². The normalized spacial score (nSPS) is 16.5. The van der Waals surface area contributed by atoms with Crippen LogP contribution in [0.15, 0.2) is 65.7 Å². The van der Waals surface area contributed by atoms with Crippen molar-refractivity contribution >= 4 is 32.5 Å². The highest BCUT2D eigenvalue weighted by molar-refractivity contribution is 7.89. The minimum absolute atomic E-state index is 0.161. The van der Waals surface area contributed by atoms with E-state index in [1.165, 1.54) is 6.07 Å². The number of halogens is 1. The SMILES string of the molecule is CC(CCN1CCN(CCNS(=O)(=O)c2ccc(Cl)c3ncccc23)CC1)Oc1ccccc1. The van der Waals surface area contributed by atoms with Gasteiger partial charge in [-0.05, 0) is 49.7 Å². The summed E-state index contributed by atoms with van der Waals surface area (Å²) in [5.41, 5.74) is 0.492. The monoisotopic (exact) mass is 502 g/mol. The van der Waals surface area contributed by atoms with Gasteiger partial charge >= 0.3 is 0 Å². The molecule has 4 rings (SSSR count). The van der Waals surface area contributed by atoms with E-state index in [-0.39, 0.29) is 11.0 Å². The molecule has 1 aliphatic rings. The highest BCUT2D eigenvalue weighted by Crippen LogP contribution is 2.27. The second kappa shape index (κ2) is 11.5.